The Balaban J connectivity index is 1.92. The van der Waals surface area contributed by atoms with Gasteiger partial charge in [0, 0.05) is 16.7 Å². The molecular weight excluding hydrogens is 318 g/mol. The summed E-state index contributed by atoms with van der Waals surface area (Å²) in [6.07, 6.45) is 0. The van der Waals surface area contributed by atoms with Crippen molar-refractivity contribution in [2.75, 3.05) is 6.61 Å². The summed E-state index contributed by atoms with van der Waals surface area (Å²) < 4.78 is 6.94. The van der Waals surface area contributed by atoms with Gasteiger partial charge in [-0.15, -0.1) is 23.1 Å². The highest BCUT2D eigenvalue weighted by atomic mass is 32.2. The molecule has 3 aromatic rings. The van der Waals surface area contributed by atoms with Crippen molar-refractivity contribution in [1.82, 2.24) is 5.48 Å². The van der Waals surface area contributed by atoms with Crippen LogP contribution in [0.15, 0.2) is 50.4 Å². The summed E-state index contributed by atoms with van der Waals surface area (Å²) in [7, 11) is 0. The highest BCUT2D eigenvalue weighted by Gasteiger charge is 2.20. The van der Waals surface area contributed by atoms with Crippen LogP contribution in [0.3, 0.4) is 0 Å². The quantitative estimate of drug-likeness (QED) is 0.534. The summed E-state index contributed by atoms with van der Waals surface area (Å²) in [4.78, 5) is 17.2. The van der Waals surface area contributed by atoms with Crippen LogP contribution in [0.25, 0.3) is 11.0 Å². The van der Waals surface area contributed by atoms with Gasteiger partial charge < -0.3 is 4.42 Å². The predicted molar refractivity (Wildman–Crippen MR) is 89.2 cm³/mol. The Morgan fingerprint density at radius 1 is 1.32 bits per heavy atom. The molecule has 0 radical (unpaired) electrons. The smallest absolute Gasteiger partial charge is 0.310 e. The van der Waals surface area contributed by atoms with Crippen molar-refractivity contribution < 1.29 is 14.0 Å². The second kappa shape index (κ2) is 7.00. The van der Waals surface area contributed by atoms with Crippen LogP contribution in [0, 0.1) is 0 Å². The van der Waals surface area contributed by atoms with Crippen molar-refractivity contribution >= 4 is 40.0 Å². The highest BCUT2D eigenvalue weighted by Crippen LogP contribution is 2.33. The maximum absolute atomic E-state index is 12.2. The van der Waals surface area contributed by atoms with E-state index in [0.717, 1.165) is 10.9 Å². The van der Waals surface area contributed by atoms with Crippen molar-refractivity contribution in [3.8, 4) is 0 Å². The molecule has 0 bridgehead atoms. The van der Waals surface area contributed by atoms with Gasteiger partial charge in [-0.3, -0.25) is 9.63 Å². The third-order valence-electron chi connectivity index (χ3n) is 3.07. The van der Waals surface area contributed by atoms with Gasteiger partial charge in [-0.2, -0.15) is 0 Å². The van der Waals surface area contributed by atoms with Gasteiger partial charge in [0.25, 0.3) is 0 Å². The van der Waals surface area contributed by atoms with Crippen LogP contribution < -0.4 is 5.48 Å². The standard InChI is InChI=1S/C16H15NO3S2/c1-2-19-17-16(18)15-12(10-22-14-8-5-9-21-14)11-6-3-4-7-13(11)20-15/h3-9H,2,10H2,1H3,(H,17,18). The Bertz CT molecular complexity index is 765. The van der Waals surface area contributed by atoms with Crippen LogP contribution in [0.4, 0.5) is 0 Å². The fourth-order valence-corrected chi connectivity index (χ4v) is 3.91. The number of carbonyl (C=O) groups excluding carboxylic acids is 1. The number of furan rings is 1. The number of benzene rings is 1. The van der Waals surface area contributed by atoms with Crippen LogP contribution >= 0.6 is 23.1 Å². The Morgan fingerprint density at radius 2 is 2.18 bits per heavy atom. The van der Waals surface area contributed by atoms with E-state index in [-0.39, 0.29) is 5.91 Å². The summed E-state index contributed by atoms with van der Waals surface area (Å²) in [5.74, 6) is 0.644. The first kappa shape index (κ1) is 15.1. The molecule has 22 heavy (non-hydrogen) atoms. The Morgan fingerprint density at radius 3 is 2.95 bits per heavy atom. The number of amides is 1. The van der Waals surface area contributed by atoms with Crippen LogP contribution in [-0.4, -0.2) is 12.5 Å². The molecule has 0 aliphatic heterocycles. The Labute approximate surface area is 136 Å². The molecule has 114 valence electrons. The number of hydrogen-bond donors (Lipinski definition) is 1. The lowest BCUT2D eigenvalue weighted by molar-refractivity contribution is 0.0341. The van der Waals surface area contributed by atoms with E-state index in [1.165, 1.54) is 4.21 Å². The Kier molecular flexibility index (Phi) is 4.82. The van der Waals surface area contributed by atoms with Gasteiger partial charge in [0.2, 0.25) is 0 Å². The van der Waals surface area contributed by atoms with Gasteiger partial charge in [-0.25, -0.2) is 5.48 Å². The predicted octanol–water partition coefficient (Wildman–Crippen LogP) is 4.47. The number of fused-ring (bicyclic) bond motifs is 1. The van der Waals surface area contributed by atoms with Crippen molar-refractivity contribution in [2.45, 2.75) is 16.9 Å². The second-order valence-electron chi connectivity index (χ2n) is 4.49. The topological polar surface area (TPSA) is 51.5 Å². The lowest BCUT2D eigenvalue weighted by atomic mass is 10.1. The van der Waals surface area contributed by atoms with Crippen molar-refractivity contribution in [2.24, 2.45) is 0 Å². The van der Waals surface area contributed by atoms with E-state index >= 15 is 0 Å². The average Bonchev–Trinajstić information content (AvgIpc) is 3.17. The zero-order chi connectivity index (χ0) is 15.4. The number of nitrogens with one attached hydrogen (secondary N) is 1. The molecule has 0 aliphatic rings. The van der Waals surface area contributed by atoms with Gasteiger partial charge >= 0.3 is 5.91 Å². The van der Waals surface area contributed by atoms with Gasteiger partial charge in [0.1, 0.15) is 5.58 Å². The summed E-state index contributed by atoms with van der Waals surface area (Å²) in [5, 5.41) is 3.01. The van der Waals surface area contributed by atoms with Crippen LogP contribution in [0.1, 0.15) is 23.0 Å². The molecular formula is C16H15NO3S2. The summed E-state index contributed by atoms with van der Waals surface area (Å²) in [6, 6.07) is 11.8. The first-order chi connectivity index (χ1) is 10.8. The summed E-state index contributed by atoms with van der Waals surface area (Å²) in [6.45, 7) is 2.22. The first-order valence-corrected chi connectivity index (χ1v) is 8.75. The van der Waals surface area contributed by atoms with E-state index in [0.29, 0.717) is 23.7 Å². The molecule has 1 aromatic carbocycles. The molecule has 0 aliphatic carbocycles. The van der Waals surface area contributed by atoms with Crippen molar-refractivity contribution in [3.63, 3.8) is 0 Å². The number of hydrogen-bond acceptors (Lipinski definition) is 5. The zero-order valence-electron chi connectivity index (χ0n) is 12.0. The molecule has 0 atom stereocenters. The van der Waals surface area contributed by atoms with E-state index in [1.807, 2.05) is 42.6 Å². The number of thiophene rings is 1. The number of para-hydroxylation sites is 1. The molecule has 0 fully saturated rings. The molecule has 0 spiro atoms. The molecule has 4 nitrogen and oxygen atoms in total. The monoisotopic (exact) mass is 333 g/mol. The molecule has 2 aromatic heterocycles. The molecule has 6 heteroatoms. The van der Waals surface area contributed by atoms with Crippen LogP contribution in [0.5, 0.6) is 0 Å². The van der Waals surface area contributed by atoms with Crippen molar-refractivity contribution in [3.05, 3.63) is 53.1 Å². The van der Waals surface area contributed by atoms with E-state index in [2.05, 4.69) is 11.5 Å². The molecule has 0 saturated carbocycles. The maximum atomic E-state index is 12.2. The van der Waals surface area contributed by atoms with E-state index in [9.17, 15) is 4.79 Å². The van der Waals surface area contributed by atoms with Gasteiger partial charge in [0.15, 0.2) is 5.76 Å². The largest absolute Gasteiger partial charge is 0.450 e. The number of hydroxylamine groups is 1. The zero-order valence-corrected chi connectivity index (χ0v) is 13.6. The van der Waals surface area contributed by atoms with Crippen LogP contribution in [0.2, 0.25) is 0 Å². The fourth-order valence-electron chi connectivity index (χ4n) is 2.10. The molecule has 1 amide bonds. The first-order valence-electron chi connectivity index (χ1n) is 6.88. The van der Waals surface area contributed by atoms with Crippen LogP contribution in [-0.2, 0) is 10.6 Å². The second-order valence-corrected chi connectivity index (χ2v) is 6.71. The van der Waals surface area contributed by atoms with E-state index in [1.54, 1.807) is 23.1 Å². The SMILES string of the molecule is CCONC(=O)c1oc2ccccc2c1CSc1cccs1. The van der Waals surface area contributed by atoms with E-state index in [4.69, 9.17) is 9.25 Å². The average molecular weight is 333 g/mol. The minimum atomic E-state index is -0.347. The Hall–Kier alpha value is -1.76. The normalized spacial score (nSPS) is 11.0. The minimum Gasteiger partial charge on any atom is -0.450 e. The molecule has 0 saturated heterocycles. The molecule has 1 N–H and O–H groups in total. The number of thioether (sulfide) groups is 1. The fraction of sp³-hybridized carbons (Fsp3) is 0.188. The van der Waals surface area contributed by atoms with Crippen molar-refractivity contribution in [1.29, 1.82) is 0 Å². The highest BCUT2D eigenvalue weighted by molar-refractivity contribution is 8.00. The lowest BCUT2D eigenvalue weighted by Gasteiger charge is -2.04. The molecule has 3 rings (SSSR count). The number of carbonyl (C=O) groups is 1. The summed E-state index contributed by atoms with van der Waals surface area (Å²) >= 11 is 3.38. The third-order valence-corrected chi connectivity index (χ3v) is 5.23. The lowest BCUT2D eigenvalue weighted by Crippen LogP contribution is -2.24. The van der Waals surface area contributed by atoms with Gasteiger partial charge in [-0.1, -0.05) is 24.3 Å². The summed E-state index contributed by atoms with van der Waals surface area (Å²) in [5.41, 5.74) is 4.01. The molecule has 2 heterocycles. The van der Waals surface area contributed by atoms with Gasteiger partial charge in [-0.05, 0) is 24.4 Å². The minimum absolute atomic E-state index is 0.318. The number of rotatable bonds is 6. The van der Waals surface area contributed by atoms with Gasteiger partial charge in [0.05, 0.1) is 10.8 Å². The molecule has 0 unspecified atom stereocenters. The third kappa shape index (κ3) is 3.19. The van der Waals surface area contributed by atoms with E-state index < -0.39 is 0 Å². The maximum Gasteiger partial charge on any atom is 0.310 e.